The van der Waals surface area contributed by atoms with Crippen molar-refractivity contribution < 1.29 is 14.3 Å². The molecule has 0 saturated carbocycles. The number of ether oxygens (including phenoxy) is 2. The second-order valence-corrected chi connectivity index (χ2v) is 7.20. The number of fused-ring (bicyclic) bond motifs is 1. The van der Waals surface area contributed by atoms with Crippen molar-refractivity contribution in [2.24, 2.45) is 0 Å². The van der Waals surface area contributed by atoms with Crippen molar-refractivity contribution >= 4 is 34.8 Å². The highest BCUT2D eigenvalue weighted by atomic mass is 35.5. The van der Waals surface area contributed by atoms with E-state index < -0.39 is 0 Å². The van der Waals surface area contributed by atoms with E-state index in [-0.39, 0.29) is 5.91 Å². The summed E-state index contributed by atoms with van der Waals surface area (Å²) in [7, 11) is 3.39. The lowest BCUT2D eigenvalue weighted by atomic mass is 10.0. The highest BCUT2D eigenvalue weighted by Gasteiger charge is 2.29. The minimum absolute atomic E-state index is 0.0202. The number of hydrogen-bond acceptors (Lipinski definition) is 3. The van der Waals surface area contributed by atoms with Crippen molar-refractivity contribution in [3.8, 4) is 11.5 Å². The number of halogens is 1. The van der Waals surface area contributed by atoms with Crippen LogP contribution in [0.15, 0.2) is 66.7 Å². The molecule has 0 fully saturated rings. The van der Waals surface area contributed by atoms with Gasteiger partial charge in [-0.05, 0) is 47.5 Å². The van der Waals surface area contributed by atoms with E-state index in [0.717, 1.165) is 22.4 Å². The third-order valence-corrected chi connectivity index (χ3v) is 5.15. The predicted molar refractivity (Wildman–Crippen MR) is 117 cm³/mol. The van der Waals surface area contributed by atoms with Crippen molar-refractivity contribution in [3.63, 3.8) is 0 Å². The molecule has 0 radical (unpaired) electrons. The zero-order valence-electron chi connectivity index (χ0n) is 16.2. The molecule has 1 aliphatic heterocycles. The fraction of sp³-hybridized carbons (Fsp3) is 0.125. The molecule has 4 rings (SSSR count). The number of hydrogen-bond donors (Lipinski definition) is 0. The Balaban J connectivity index is 1.59. The minimum Gasteiger partial charge on any atom is -0.493 e. The smallest absolute Gasteiger partial charge is 0.258 e. The minimum atomic E-state index is -0.0202. The van der Waals surface area contributed by atoms with Crippen molar-refractivity contribution in [1.29, 1.82) is 0 Å². The van der Waals surface area contributed by atoms with Crippen molar-refractivity contribution in [1.82, 2.24) is 0 Å². The lowest BCUT2D eigenvalue weighted by molar-refractivity contribution is -0.112. The Morgan fingerprint density at radius 1 is 1.00 bits per heavy atom. The predicted octanol–water partition coefficient (Wildman–Crippen LogP) is 5.44. The van der Waals surface area contributed by atoms with Gasteiger partial charge in [-0.15, -0.1) is 0 Å². The third-order valence-electron chi connectivity index (χ3n) is 4.90. The van der Waals surface area contributed by atoms with E-state index in [4.69, 9.17) is 21.1 Å². The standard InChI is InChI=1S/C24H20ClNO3/c1-26-21-6-4-3-5-19(21)20(24(26)27)13-17-9-12-22(23(14-17)28-2)29-15-16-7-10-18(25)11-8-16/h3-14H,15H2,1-2H3/b20-13+. The number of nitrogens with zero attached hydrogens (tertiary/aromatic N) is 1. The van der Waals surface area contributed by atoms with Crippen LogP contribution >= 0.6 is 11.6 Å². The third kappa shape index (κ3) is 3.84. The van der Waals surface area contributed by atoms with Crippen molar-refractivity contribution in [3.05, 3.63) is 88.4 Å². The average molecular weight is 406 g/mol. The lowest BCUT2D eigenvalue weighted by Gasteiger charge is -2.12. The Bertz CT molecular complexity index is 1090. The van der Waals surface area contributed by atoms with Gasteiger partial charge in [0.1, 0.15) is 6.61 Å². The van der Waals surface area contributed by atoms with Gasteiger partial charge in [0.15, 0.2) is 11.5 Å². The first-order chi connectivity index (χ1) is 14.1. The first kappa shape index (κ1) is 19.1. The Labute approximate surface area is 174 Å². The Morgan fingerprint density at radius 2 is 1.76 bits per heavy atom. The summed E-state index contributed by atoms with van der Waals surface area (Å²) in [6, 6.07) is 20.9. The van der Waals surface area contributed by atoms with Gasteiger partial charge in [0.2, 0.25) is 0 Å². The maximum absolute atomic E-state index is 12.7. The van der Waals surface area contributed by atoms with Crippen LogP contribution in [0.1, 0.15) is 16.7 Å². The van der Waals surface area contributed by atoms with Crippen molar-refractivity contribution in [2.75, 3.05) is 19.1 Å². The van der Waals surface area contributed by atoms with Gasteiger partial charge in [-0.25, -0.2) is 0 Å². The first-order valence-corrected chi connectivity index (χ1v) is 9.59. The van der Waals surface area contributed by atoms with Gasteiger partial charge in [0, 0.05) is 23.2 Å². The van der Waals surface area contributed by atoms with Gasteiger partial charge in [-0.3, -0.25) is 4.79 Å². The van der Waals surface area contributed by atoms with E-state index in [2.05, 4.69) is 0 Å². The van der Waals surface area contributed by atoms with Crippen LogP contribution in [0.4, 0.5) is 5.69 Å². The van der Waals surface area contributed by atoms with E-state index in [1.165, 1.54) is 0 Å². The van der Waals surface area contributed by atoms with Crippen LogP contribution < -0.4 is 14.4 Å². The number of likely N-dealkylation sites (N-methyl/N-ethyl adjacent to an activating group) is 1. The SMILES string of the molecule is COc1cc(/C=C2/C(=O)N(C)c3ccccc32)ccc1OCc1ccc(Cl)cc1. The average Bonchev–Trinajstić information content (AvgIpc) is 2.99. The lowest BCUT2D eigenvalue weighted by Crippen LogP contribution is -2.20. The molecule has 3 aromatic rings. The maximum Gasteiger partial charge on any atom is 0.258 e. The normalized spacial score (nSPS) is 14.2. The number of anilines is 1. The van der Waals surface area contributed by atoms with E-state index >= 15 is 0 Å². The van der Waals surface area contributed by atoms with Gasteiger partial charge < -0.3 is 14.4 Å². The number of amides is 1. The monoisotopic (exact) mass is 405 g/mol. The first-order valence-electron chi connectivity index (χ1n) is 9.21. The number of carbonyl (C=O) groups excluding carboxylic acids is 1. The van der Waals surface area contributed by atoms with Crippen LogP contribution in [0.3, 0.4) is 0 Å². The highest BCUT2D eigenvalue weighted by molar-refractivity contribution is 6.35. The molecule has 0 saturated heterocycles. The van der Waals surface area contributed by atoms with E-state index in [1.54, 1.807) is 19.1 Å². The van der Waals surface area contributed by atoms with Crippen molar-refractivity contribution in [2.45, 2.75) is 6.61 Å². The van der Waals surface area contributed by atoms with Crippen LogP contribution in [0.25, 0.3) is 11.6 Å². The number of para-hydroxylation sites is 1. The largest absolute Gasteiger partial charge is 0.493 e. The van der Waals surface area contributed by atoms with Crippen LogP contribution in [0, 0.1) is 0 Å². The molecular formula is C24H20ClNO3. The molecule has 29 heavy (non-hydrogen) atoms. The second kappa shape index (κ2) is 8.02. The zero-order valence-corrected chi connectivity index (χ0v) is 16.9. The van der Waals surface area contributed by atoms with Gasteiger partial charge in [0.25, 0.3) is 5.91 Å². The van der Waals surface area contributed by atoms with E-state index in [0.29, 0.717) is 28.7 Å². The molecule has 4 nitrogen and oxygen atoms in total. The molecule has 0 aromatic heterocycles. The summed E-state index contributed by atoms with van der Waals surface area (Å²) >= 11 is 5.92. The topological polar surface area (TPSA) is 38.8 Å². The van der Waals surface area contributed by atoms with Crippen LogP contribution in [0.5, 0.6) is 11.5 Å². The summed E-state index contributed by atoms with van der Waals surface area (Å²) in [5.41, 5.74) is 4.40. The molecule has 0 bridgehead atoms. The molecule has 1 aliphatic rings. The Morgan fingerprint density at radius 3 is 2.52 bits per heavy atom. The van der Waals surface area contributed by atoms with Crippen LogP contribution in [-0.2, 0) is 11.4 Å². The molecule has 0 aliphatic carbocycles. The maximum atomic E-state index is 12.7. The van der Waals surface area contributed by atoms with Gasteiger partial charge in [0.05, 0.1) is 12.8 Å². The number of methoxy groups -OCH3 is 1. The summed E-state index contributed by atoms with van der Waals surface area (Å²) in [5, 5.41) is 0.692. The molecule has 146 valence electrons. The molecule has 0 spiro atoms. The highest BCUT2D eigenvalue weighted by Crippen LogP contribution is 2.37. The fourth-order valence-corrected chi connectivity index (χ4v) is 3.47. The van der Waals surface area contributed by atoms with E-state index in [9.17, 15) is 4.79 Å². The summed E-state index contributed by atoms with van der Waals surface area (Å²) in [5.74, 6) is 1.23. The van der Waals surface area contributed by atoms with Gasteiger partial charge in [-0.2, -0.15) is 0 Å². The quantitative estimate of drug-likeness (QED) is 0.530. The second-order valence-electron chi connectivity index (χ2n) is 6.76. The number of benzene rings is 3. The molecule has 3 aromatic carbocycles. The summed E-state index contributed by atoms with van der Waals surface area (Å²) in [4.78, 5) is 14.3. The molecule has 1 heterocycles. The summed E-state index contributed by atoms with van der Waals surface area (Å²) < 4.78 is 11.4. The van der Waals surface area contributed by atoms with Gasteiger partial charge in [-0.1, -0.05) is 48.0 Å². The fourth-order valence-electron chi connectivity index (χ4n) is 3.34. The van der Waals surface area contributed by atoms with Crippen LogP contribution in [0.2, 0.25) is 5.02 Å². The molecule has 0 N–H and O–H groups in total. The number of carbonyl (C=O) groups is 1. The summed E-state index contributed by atoms with van der Waals surface area (Å²) in [6.45, 7) is 0.407. The van der Waals surface area contributed by atoms with E-state index in [1.807, 2.05) is 72.8 Å². The Hall–Kier alpha value is -3.24. The molecular weight excluding hydrogens is 386 g/mol. The Kier molecular flexibility index (Phi) is 5.28. The zero-order chi connectivity index (χ0) is 20.4. The molecule has 0 atom stereocenters. The number of rotatable bonds is 5. The molecule has 0 unspecified atom stereocenters. The molecule has 1 amide bonds. The summed E-state index contributed by atoms with van der Waals surface area (Å²) in [6.07, 6.45) is 1.89. The van der Waals surface area contributed by atoms with Crippen LogP contribution in [-0.4, -0.2) is 20.1 Å². The molecule has 5 heteroatoms. The van der Waals surface area contributed by atoms with Gasteiger partial charge >= 0.3 is 0 Å².